The van der Waals surface area contributed by atoms with Crippen molar-refractivity contribution in [1.82, 2.24) is 15.5 Å². The van der Waals surface area contributed by atoms with Crippen LogP contribution in [0, 0.1) is 0 Å². The molecule has 7 heteroatoms. The molecule has 0 bridgehead atoms. The quantitative estimate of drug-likeness (QED) is 0.634. The van der Waals surface area contributed by atoms with Gasteiger partial charge in [0.25, 0.3) is 0 Å². The number of nitrogens with one attached hydrogen (secondary N) is 1. The van der Waals surface area contributed by atoms with Gasteiger partial charge in [-0.15, -0.1) is 10.2 Å². The van der Waals surface area contributed by atoms with Gasteiger partial charge in [-0.3, -0.25) is 4.90 Å². The number of carbonyl (C=O) groups excluding carboxylic acids is 1. The zero-order valence-electron chi connectivity index (χ0n) is 11.7. The Morgan fingerprint density at radius 2 is 2.00 bits per heavy atom. The van der Waals surface area contributed by atoms with Crippen molar-refractivity contribution in [3.63, 3.8) is 0 Å². The van der Waals surface area contributed by atoms with Crippen molar-refractivity contribution in [3.8, 4) is 0 Å². The summed E-state index contributed by atoms with van der Waals surface area (Å²) < 4.78 is 0. The fourth-order valence-electron chi connectivity index (χ4n) is 0.909. The summed E-state index contributed by atoms with van der Waals surface area (Å²) >= 11 is 1.43. The number of aromatic nitrogens is 2. The van der Waals surface area contributed by atoms with Crippen LogP contribution in [0.1, 0.15) is 27.2 Å². The molecule has 0 unspecified atom stereocenters. The molecule has 0 fully saturated rings. The summed E-state index contributed by atoms with van der Waals surface area (Å²) in [4.78, 5) is 12.8. The first-order chi connectivity index (χ1) is 6.86. The van der Waals surface area contributed by atoms with Crippen molar-refractivity contribution in [2.24, 2.45) is 0 Å². The van der Waals surface area contributed by atoms with Gasteiger partial charge in [-0.2, -0.15) is 0 Å². The van der Waals surface area contributed by atoms with E-state index in [0.717, 1.165) is 5.01 Å². The van der Waals surface area contributed by atoms with Gasteiger partial charge >= 0.3 is 35.6 Å². The summed E-state index contributed by atoms with van der Waals surface area (Å²) in [5.41, 5.74) is -0.0283. The van der Waals surface area contributed by atoms with E-state index in [4.69, 9.17) is 0 Å². The van der Waals surface area contributed by atoms with Crippen LogP contribution >= 0.6 is 11.3 Å². The van der Waals surface area contributed by atoms with E-state index < -0.39 is 0 Å². The Morgan fingerprint density at radius 3 is 2.38 bits per heavy atom. The van der Waals surface area contributed by atoms with Gasteiger partial charge < -0.3 is 6.74 Å². The van der Waals surface area contributed by atoms with Gasteiger partial charge in [0, 0.05) is 19.5 Å². The predicted octanol–water partition coefficient (Wildman–Crippen LogP) is -1.27. The number of rotatable bonds is 1. The molecule has 1 rings (SSSR count). The second-order valence-electron chi connectivity index (χ2n) is 4.25. The van der Waals surface area contributed by atoms with Crippen LogP contribution in [0.25, 0.3) is 0 Å². The van der Waals surface area contributed by atoms with E-state index in [2.05, 4.69) is 36.3 Å². The molecule has 0 aromatic carbocycles. The number of nitrogens with zero attached hydrogens (tertiary/aromatic N) is 3. The van der Waals surface area contributed by atoms with Gasteiger partial charge in [-0.25, -0.2) is 4.79 Å². The van der Waals surface area contributed by atoms with Gasteiger partial charge in [0.15, 0.2) is 0 Å². The molecular formula is C9H17N4NaOS. The third-order valence-electron chi connectivity index (χ3n) is 1.86. The fraction of sp³-hybridized carbons (Fsp3) is 0.667. The average molecular weight is 252 g/mol. The maximum Gasteiger partial charge on any atom is 1.00 e. The smallest absolute Gasteiger partial charge is 1.00 e. The number of hydrogen-bond donors (Lipinski definition) is 1. The second kappa shape index (κ2) is 5.95. The Kier molecular flexibility index (Phi) is 5.89. The van der Waals surface area contributed by atoms with Gasteiger partial charge in [-0.1, -0.05) is 32.1 Å². The van der Waals surface area contributed by atoms with Gasteiger partial charge in [0.2, 0.25) is 5.13 Å². The number of anilines is 1. The Balaban J connectivity index is 0. The normalized spacial score (nSPS) is 10.6. The maximum absolute atomic E-state index is 11.3. The fourth-order valence-corrected chi connectivity index (χ4v) is 1.77. The summed E-state index contributed by atoms with van der Waals surface area (Å²) in [6, 6.07) is -0.188. The second-order valence-corrected chi connectivity index (χ2v) is 5.21. The van der Waals surface area contributed by atoms with Crippen molar-refractivity contribution in [3.05, 3.63) is 5.01 Å². The largest absolute Gasteiger partial charge is 1.00 e. The van der Waals surface area contributed by atoms with Crippen molar-refractivity contribution in [1.29, 1.82) is 0 Å². The van der Waals surface area contributed by atoms with E-state index in [9.17, 15) is 4.79 Å². The van der Waals surface area contributed by atoms with Crippen LogP contribution in [-0.2, 0) is 5.41 Å². The minimum absolute atomic E-state index is 0. The molecule has 0 atom stereocenters. The molecule has 2 amide bonds. The molecule has 5 nitrogen and oxygen atoms in total. The molecule has 0 radical (unpaired) electrons. The maximum atomic E-state index is 11.3. The molecule has 0 aliphatic heterocycles. The third-order valence-corrected chi connectivity index (χ3v) is 3.29. The van der Waals surface area contributed by atoms with E-state index in [1.807, 2.05) is 0 Å². The van der Waals surface area contributed by atoms with E-state index in [1.54, 1.807) is 14.1 Å². The molecule has 0 aliphatic rings. The predicted molar refractivity (Wildman–Crippen MR) is 62.6 cm³/mol. The van der Waals surface area contributed by atoms with Crippen LogP contribution in [0.4, 0.5) is 9.93 Å². The van der Waals surface area contributed by atoms with Gasteiger partial charge in [0.05, 0.1) is 0 Å². The van der Waals surface area contributed by atoms with E-state index in [1.165, 1.54) is 16.2 Å². The first kappa shape index (κ1) is 15.8. The molecule has 0 saturated heterocycles. The molecule has 1 heterocycles. The monoisotopic (exact) mass is 252 g/mol. The number of urea groups is 1. The van der Waals surface area contributed by atoms with E-state index in [-0.39, 0.29) is 42.4 Å². The number of carbonyl (C=O) groups is 1. The van der Waals surface area contributed by atoms with Crippen molar-refractivity contribution >= 4 is 22.5 Å². The molecule has 0 aliphatic carbocycles. The SMILES string of the molecule is CNC(=O)N(C)c1nnc(C(C)(C)C)s1.[H-].[Na+]. The Morgan fingerprint density at radius 1 is 1.44 bits per heavy atom. The summed E-state index contributed by atoms with van der Waals surface area (Å²) in [6.45, 7) is 6.20. The molecule has 1 N–H and O–H groups in total. The molecule has 1 aromatic rings. The summed E-state index contributed by atoms with van der Waals surface area (Å²) in [5.74, 6) is 0. The molecule has 1 aromatic heterocycles. The van der Waals surface area contributed by atoms with Gasteiger partial charge in [-0.05, 0) is 0 Å². The minimum atomic E-state index is -0.188. The summed E-state index contributed by atoms with van der Waals surface area (Å²) in [6.07, 6.45) is 0. The van der Waals surface area contributed by atoms with Crippen molar-refractivity contribution < 1.29 is 35.8 Å². The van der Waals surface area contributed by atoms with Crippen LogP contribution in [0.5, 0.6) is 0 Å². The Hall–Kier alpha value is -0.170. The zero-order valence-corrected chi connectivity index (χ0v) is 13.5. The minimum Gasteiger partial charge on any atom is -1.00 e. The van der Waals surface area contributed by atoms with Crippen LogP contribution in [0.2, 0.25) is 0 Å². The van der Waals surface area contributed by atoms with E-state index >= 15 is 0 Å². The van der Waals surface area contributed by atoms with Gasteiger partial charge in [0.1, 0.15) is 5.01 Å². The number of amides is 2. The first-order valence-electron chi connectivity index (χ1n) is 4.65. The van der Waals surface area contributed by atoms with Crippen LogP contribution < -0.4 is 39.8 Å². The van der Waals surface area contributed by atoms with E-state index in [0.29, 0.717) is 5.13 Å². The van der Waals surface area contributed by atoms with Crippen LogP contribution in [0.3, 0.4) is 0 Å². The van der Waals surface area contributed by atoms with Crippen LogP contribution in [0.15, 0.2) is 0 Å². The van der Waals surface area contributed by atoms with Crippen LogP contribution in [-0.4, -0.2) is 30.3 Å². The first-order valence-corrected chi connectivity index (χ1v) is 5.47. The number of hydrogen-bond acceptors (Lipinski definition) is 4. The van der Waals surface area contributed by atoms with Crippen molar-refractivity contribution in [2.45, 2.75) is 26.2 Å². The summed E-state index contributed by atoms with van der Waals surface area (Å²) in [5, 5.41) is 12.1. The Labute approximate surface area is 123 Å². The van der Waals surface area contributed by atoms with Crippen molar-refractivity contribution in [2.75, 3.05) is 19.0 Å². The molecule has 86 valence electrons. The zero-order chi connectivity index (χ0) is 11.6. The summed E-state index contributed by atoms with van der Waals surface area (Å²) in [7, 11) is 3.26. The molecule has 0 saturated carbocycles. The topological polar surface area (TPSA) is 58.1 Å². The molecule has 0 spiro atoms. The molecule has 16 heavy (non-hydrogen) atoms. The average Bonchev–Trinajstić information content (AvgIpc) is 2.63. The Bertz CT molecular complexity index is 366. The molecular weight excluding hydrogens is 235 g/mol. The standard InChI is InChI=1S/C9H16N4OS.Na.H/c1-9(2,3)6-11-12-8(15-6)13(5)7(14)10-4;;/h1-5H3,(H,10,14);;/q;+1;-1. The third kappa shape index (κ3) is 3.69.